The van der Waals surface area contributed by atoms with Gasteiger partial charge in [-0.2, -0.15) is 0 Å². The number of carbonyl (C=O) groups is 1. The van der Waals surface area contributed by atoms with Crippen LogP contribution in [0.5, 0.6) is 0 Å². The Balaban J connectivity index is 4.09. The fourth-order valence-electron chi connectivity index (χ4n) is 0.975. The molecule has 0 aliphatic carbocycles. The van der Waals surface area contributed by atoms with Crippen LogP contribution >= 0.6 is 0 Å². The molecule has 0 amide bonds. The number of hydrogen-bond acceptors (Lipinski definition) is 5. The normalized spacial score (nSPS) is 14.1. The van der Waals surface area contributed by atoms with Crippen LogP contribution in [0.25, 0.3) is 0 Å². The van der Waals surface area contributed by atoms with Crippen LogP contribution < -0.4 is 5.32 Å². The van der Waals surface area contributed by atoms with E-state index in [1.54, 1.807) is 27.7 Å². The van der Waals surface area contributed by atoms with Gasteiger partial charge < -0.3 is 14.9 Å². The summed E-state index contributed by atoms with van der Waals surface area (Å²) in [6.45, 7) is 6.55. The minimum atomic E-state index is -0.548. The Morgan fingerprint density at radius 1 is 1.33 bits per heavy atom. The monoisotopic (exact) mass is 219 g/mol. The summed E-state index contributed by atoms with van der Waals surface area (Å²) < 4.78 is 5.12. The standard InChI is InChI=1S/C10H21NO4/c1-7(11-8(5-12)6-13)9(14)15-10(2,3)4/h7-8,11-13H,5-6H2,1-4H3. The fraction of sp³-hybridized carbons (Fsp3) is 0.900. The van der Waals surface area contributed by atoms with Crippen molar-refractivity contribution in [3.63, 3.8) is 0 Å². The molecule has 15 heavy (non-hydrogen) atoms. The first-order chi connectivity index (χ1) is 6.80. The van der Waals surface area contributed by atoms with Gasteiger partial charge in [-0.05, 0) is 27.7 Å². The highest BCUT2D eigenvalue weighted by Gasteiger charge is 2.23. The average molecular weight is 219 g/mol. The molecule has 0 aromatic carbocycles. The van der Waals surface area contributed by atoms with Gasteiger partial charge in [0.05, 0.1) is 19.3 Å². The number of carbonyl (C=O) groups excluding carboxylic acids is 1. The lowest BCUT2D eigenvalue weighted by atomic mass is 10.2. The molecule has 0 aromatic heterocycles. The van der Waals surface area contributed by atoms with Gasteiger partial charge in [0.25, 0.3) is 0 Å². The summed E-state index contributed by atoms with van der Waals surface area (Å²) in [6.07, 6.45) is 0. The zero-order valence-corrected chi connectivity index (χ0v) is 9.78. The van der Waals surface area contributed by atoms with Crippen LogP contribution in [0.2, 0.25) is 0 Å². The summed E-state index contributed by atoms with van der Waals surface area (Å²) in [4.78, 5) is 11.5. The smallest absolute Gasteiger partial charge is 0.323 e. The van der Waals surface area contributed by atoms with E-state index in [1.165, 1.54) is 0 Å². The Kier molecular flexibility index (Phi) is 5.79. The molecule has 0 heterocycles. The van der Waals surface area contributed by atoms with Crippen molar-refractivity contribution in [1.29, 1.82) is 0 Å². The van der Waals surface area contributed by atoms with Crippen molar-refractivity contribution in [3.8, 4) is 0 Å². The largest absolute Gasteiger partial charge is 0.459 e. The zero-order valence-electron chi connectivity index (χ0n) is 9.78. The van der Waals surface area contributed by atoms with Crippen molar-refractivity contribution >= 4 is 5.97 Å². The van der Waals surface area contributed by atoms with Gasteiger partial charge in [-0.15, -0.1) is 0 Å². The van der Waals surface area contributed by atoms with Crippen LogP contribution in [0.1, 0.15) is 27.7 Å². The minimum Gasteiger partial charge on any atom is -0.459 e. The van der Waals surface area contributed by atoms with Crippen LogP contribution in [0.4, 0.5) is 0 Å². The predicted molar refractivity (Wildman–Crippen MR) is 56.4 cm³/mol. The van der Waals surface area contributed by atoms with Gasteiger partial charge in [0.2, 0.25) is 0 Å². The molecule has 5 heteroatoms. The molecular weight excluding hydrogens is 198 g/mol. The third-order valence-electron chi connectivity index (χ3n) is 1.69. The molecule has 0 aliphatic heterocycles. The van der Waals surface area contributed by atoms with Crippen molar-refractivity contribution in [1.82, 2.24) is 5.32 Å². The van der Waals surface area contributed by atoms with Crippen molar-refractivity contribution in [2.75, 3.05) is 13.2 Å². The molecule has 90 valence electrons. The summed E-state index contributed by atoms with van der Waals surface area (Å²) in [5.74, 6) is -0.394. The maximum atomic E-state index is 11.5. The summed E-state index contributed by atoms with van der Waals surface area (Å²) in [5.41, 5.74) is -0.527. The SMILES string of the molecule is CC(NC(CO)CO)C(=O)OC(C)(C)C. The van der Waals surface area contributed by atoms with Crippen LogP contribution in [0.15, 0.2) is 0 Å². The first-order valence-electron chi connectivity index (χ1n) is 5.00. The Bertz CT molecular complexity index is 196. The highest BCUT2D eigenvalue weighted by Crippen LogP contribution is 2.08. The van der Waals surface area contributed by atoms with E-state index in [0.29, 0.717) is 0 Å². The molecule has 3 N–H and O–H groups in total. The van der Waals surface area contributed by atoms with E-state index in [4.69, 9.17) is 14.9 Å². The number of nitrogens with one attached hydrogen (secondary N) is 1. The molecule has 0 saturated heterocycles. The second-order valence-electron chi connectivity index (χ2n) is 4.48. The molecule has 0 aromatic rings. The topological polar surface area (TPSA) is 78.8 Å². The zero-order chi connectivity index (χ0) is 12.1. The highest BCUT2D eigenvalue weighted by atomic mass is 16.6. The molecule has 1 unspecified atom stereocenters. The number of esters is 1. The van der Waals surface area contributed by atoms with E-state index in [2.05, 4.69) is 5.32 Å². The summed E-state index contributed by atoms with van der Waals surface area (Å²) >= 11 is 0. The van der Waals surface area contributed by atoms with Gasteiger partial charge in [-0.3, -0.25) is 10.1 Å². The Morgan fingerprint density at radius 2 is 1.80 bits per heavy atom. The quantitative estimate of drug-likeness (QED) is 0.551. The average Bonchev–Trinajstić information content (AvgIpc) is 2.10. The molecule has 1 atom stereocenters. The summed E-state index contributed by atoms with van der Waals surface area (Å²) in [6, 6.07) is -1.04. The first-order valence-corrected chi connectivity index (χ1v) is 5.00. The van der Waals surface area contributed by atoms with Gasteiger partial charge in [-0.25, -0.2) is 0 Å². The van der Waals surface area contributed by atoms with Crippen molar-refractivity contribution in [3.05, 3.63) is 0 Å². The second-order valence-corrected chi connectivity index (χ2v) is 4.48. The third-order valence-corrected chi connectivity index (χ3v) is 1.69. The highest BCUT2D eigenvalue weighted by molar-refractivity contribution is 5.75. The lowest BCUT2D eigenvalue weighted by Gasteiger charge is -2.24. The summed E-state index contributed by atoms with van der Waals surface area (Å²) in [5, 5.41) is 20.4. The number of hydrogen-bond donors (Lipinski definition) is 3. The van der Waals surface area contributed by atoms with Crippen LogP contribution in [-0.2, 0) is 9.53 Å². The van der Waals surface area contributed by atoms with Crippen molar-refractivity contribution < 1.29 is 19.7 Å². The molecular formula is C10H21NO4. The number of ether oxygens (including phenoxy) is 1. The predicted octanol–water partition coefficient (Wildman–Crippen LogP) is -0.341. The van der Waals surface area contributed by atoms with E-state index >= 15 is 0 Å². The van der Waals surface area contributed by atoms with Gasteiger partial charge in [-0.1, -0.05) is 0 Å². The van der Waals surface area contributed by atoms with E-state index in [0.717, 1.165) is 0 Å². The Morgan fingerprint density at radius 3 is 2.13 bits per heavy atom. The van der Waals surface area contributed by atoms with Crippen LogP contribution in [0, 0.1) is 0 Å². The molecule has 0 saturated carbocycles. The lowest BCUT2D eigenvalue weighted by Crippen LogP contribution is -2.47. The van der Waals surface area contributed by atoms with Crippen LogP contribution in [0.3, 0.4) is 0 Å². The molecule has 0 bridgehead atoms. The van der Waals surface area contributed by atoms with E-state index in [-0.39, 0.29) is 13.2 Å². The molecule has 0 spiro atoms. The van der Waals surface area contributed by atoms with Gasteiger partial charge >= 0.3 is 5.97 Å². The van der Waals surface area contributed by atoms with E-state index in [9.17, 15) is 4.79 Å². The Labute approximate surface area is 90.4 Å². The number of aliphatic hydroxyl groups excluding tert-OH is 2. The minimum absolute atomic E-state index is 0.219. The molecule has 5 nitrogen and oxygen atoms in total. The van der Waals surface area contributed by atoms with E-state index < -0.39 is 23.7 Å². The van der Waals surface area contributed by atoms with Gasteiger partial charge in [0, 0.05) is 0 Å². The summed E-state index contributed by atoms with van der Waals surface area (Å²) in [7, 11) is 0. The number of aliphatic hydroxyl groups is 2. The Hall–Kier alpha value is -0.650. The maximum absolute atomic E-state index is 11.5. The second kappa shape index (κ2) is 6.05. The van der Waals surface area contributed by atoms with Crippen molar-refractivity contribution in [2.45, 2.75) is 45.4 Å². The lowest BCUT2D eigenvalue weighted by molar-refractivity contribution is -0.157. The third kappa shape index (κ3) is 6.43. The first kappa shape index (κ1) is 14.3. The van der Waals surface area contributed by atoms with Gasteiger partial charge in [0.15, 0.2) is 0 Å². The van der Waals surface area contributed by atoms with Gasteiger partial charge in [0.1, 0.15) is 11.6 Å². The molecule has 0 radical (unpaired) electrons. The molecule has 0 rings (SSSR count). The fourth-order valence-corrected chi connectivity index (χ4v) is 0.975. The molecule has 0 fully saturated rings. The number of rotatable bonds is 5. The van der Waals surface area contributed by atoms with E-state index in [1.807, 2.05) is 0 Å². The maximum Gasteiger partial charge on any atom is 0.323 e. The van der Waals surface area contributed by atoms with Crippen LogP contribution in [-0.4, -0.2) is 47.1 Å². The molecule has 0 aliphatic rings. The van der Waals surface area contributed by atoms with Crippen molar-refractivity contribution in [2.24, 2.45) is 0 Å².